The molecular formula is C12H19N7. The van der Waals surface area contributed by atoms with E-state index in [0.717, 1.165) is 44.2 Å². The quantitative estimate of drug-likeness (QED) is 0.605. The van der Waals surface area contributed by atoms with E-state index in [9.17, 15) is 0 Å². The second-order valence-electron chi connectivity index (χ2n) is 4.67. The van der Waals surface area contributed by atoms with Crippen molar-refractivity contribution in [3.8, 4) is 0 Å². The van der Waals surface area contributed by atoms with E-state index in [1.54, 1.807) is 6.20 Å². The number of aromatic nitrogens is 3. The van der Waals surface area contributed by atoms with Crippen LogP contribution in [0.5, 0.6) is 0 Å². The fourth-order valence-corrected chi connectivity index (χ4v) is 2.47. The van der Waals surface area contributed by atoms with Crippen LogP contribution in [0.3, 0.4) is 0 Å². The maximum Gasteiger partial charge on any atom is 0.180 e. The zero-order valence-electron chi connectivity index (χ0n) is 11.1. The van der Waals surface area contributed by atoms with Gasteiger partial charge < -0.3 is 19.6 Å². The summed E-state index contributed by atoms with van der Waals surface area (Å²) in [5.74, 6) is 7.03. The minimum atomic E-state index is 0.651. The fraction of sp³-hybridized carbons (Fsp3) is 0.500. The van der Waals surface area contributed by atoms with E-state index in [1.165, 1.54) is 0 Å². The van der Waals surface area contributed by atoms with Gasteiger partial charge in [0.15, 0.2) is 17.3 Å². The van der Waals surface area contributed by atoms with Crippen LogP contribution in [-0.2, 0) is 0 Å². The standard InChI is InChI=1S/C12H19N7/c1-2-17-5-7-18(8-6-17)12-11-14-3-4-19(11)9-10(15-12)16-13/h3-4,9,16H,2,5-8,13H2,1H3. The van der Waals surface area contributed by atoms with Gasteiger partial charge in [-0.15, -0.1) is 0 Å². The molecular weight excluding hydrogens is 242 g/mol. The van der Waals surface area contributed by atoms with Gasteiger partial charge in [-0.1, -0.05) is 6.92 Å². The Morgan fingerprint density at radius 2 is 2.11 bits per heavy atom. The highest BCUT2D eigenvalue weighted by Gasteiger charge is 2.20. The Morgan fingerprint density at radius 1 is 1.32 bits per heavy atom. The zero-order valence-corrected chi connectivity index (χ0v) is 11.1. The maximum atomic E-state index is 5.48. The molecule has 0 bridgehead atoms. The van der Waals surface area contributed by atoms with Crippen molar-refractivity contribution >= 4 is 17.3 Å². The van der Waals surface area contributed by atoms with E-state index >= 15 is 0 Å². The van der Waals surface area contributed by atoms with Crippen LogP contribution in [0.25, 0.3) is 5.65 Å². The van der Waals surface area contributed by atoms with Crippen LogP contribution >= 0.6 is 0 Å². The van der Waals surface area contributed by atoms with Gasteiger partial charge in [0, 0.05) is 38.6 Å². The average molecular weight is 261 g/mol. The van der Waals surface area contributed by atoms with E-state index in [4.69, 9.17) is 5.84 Å². The molecule has 0 saturated carbocycles. The van der Waals surface area contributed by atoms with Crippen molar-refractivity contribution in [2.75, 3.05) is 43.0 Å². The van der Waals surface area contributed by atoms with Crippen molar-refractivity contribution < 1.29 is 0 Å². The van der Waals surface area contributed by atoms with Gasteiger partial charge in [-0.2, -0.15) is 0 Å². The van der Waals surface area contributed by atoms with E-state index in [2.05, 4.69) is 32.1 Å². The molecule has 3 rings (SSSR count). The van der Waals surface area contributed by atoms with Crippen molar-refractivity contribution in [3.05, 3.63) is 18.6 Å². The molecule has 2 aromatic rings. The number of likely N-dealkylation sites (N-methyl/N-ethyl adjacent to an activating group) is 1. The molecule has 7 heteroatoms. The number of nitrogen functional groups attached to an aromatic ring is 1. The molecule has 19 heavy (non-hydrogen) atoms. The maximum absolute atomic E-state index is 5.48. The lowest BCUT2D eigenvalue weighted by molar-refractivity contribution is 0.270. The molecule has 0 aromatic carbocycles. The number of rotatable bonds is 3. The van der Waals surface area contributed by atoms with Gasteiger partial charge in [-0.05, 0) is 6.54 Å². The summed E-state index contributed by atoms with van der Waals surface area (Å²) >= 11 is 0. The molecule has 0 spiro atoms. The topological polar surface area (TPSA) is 74.7 Å². The van der Waals surface area contributed by atoms with Gasteiger partial charge >= 0.3 is 0 Å². The van der Waals surface area contributed by atoms with Crippen LogP contribution < -0.4 is 16.2 Å². The molecule has 0 unspecified atom stereocenters. The van der Waals surface area contributed by atoms with Gasteiger partial charge in [-0.3, -0.25) is 0 Å². The number of hydrazine groups is 1. The molecule has 3 heterocycles. The molecule has 0 radical (unpaired) electrons. The zero-order chi connectivity index (χ0) is 13.2. The number of nitrogens with two attached hydrogens (primary N) is 1. The number of hydrogen-bond acceptors (Lipinski definition) is 6. The van der Waals surface area contributed by atoms with Gasteiger partial charge in [0.25, 0.3) is 0 Å². The Morgan fingerprint density at radius 3 is 2.79 bits per heavy atom. The third kappa shape index (κ3) is 2.22. The van der Waals surface area contributed by atoms with E-state index in [-0.39, 0.29) is 0 Å². The Kier molecular flexibility index (Phi) is 3.22. The molecule has 1 fully saturated rings. The van der Waals surface area contributed by atoms with Crippen LogP contribution in [0.4, 0.5) is 11.6 Å². The van der Waals surface area contributed by atoms with Crippen molar-refractivity contribution in [2.24, 2.45) is 5.84 Å². The molecule has 1 aliphatic heterocycles. The average Bonchev–Trinajstić information content (AvgIpc) is 2.94. The highest BCUT2D eigenvalue weighted by atomic mass is 15.3. The molecule has 0 amide bonds. The van der Waals surface area contributed by atoms with Gasteiger partial charge in [0.1, 0.15) is 0 Å². The summed E-state index contributed by atoms with van der Waals surface area (Å²) in [6.07, 6.45) is 5.53. The summed E-state index contributed by atoms with van der Waals surface area (Å²) in [6.45, 7) is 7.36. The molecule has 7 nitrogen and oxygen atoms in total. The van der Waals surface area contributed by atoms with Crippen molar-refractivity contribution in [1.29, 1.82) is 0 Å². The smallest absolute Gasteiger partial charge is 0.180 e. The minimum Gasteiger partial charge on any atom is -0.351 e. The Labute approximate surface area is 112 Å². The lowest BCUT2D eigenvalue weighted by atomic mass is 10.3. The lowest BCUT2D eigenvalue weighted by Crippen LogP contribution is -2.46. The predicted molar refractivity (Wildman–Crippen MR) is 75.1 cm³/mol. The second kappa shape index (κ2) is 5.02. The molecule has 3 N–H and O–H groups in total. The summed E-state index contributed by atoms with van der Waals surface area (Å²) in [5, 5.41) is 0. The molecule has 1 saturated heterocycles. The third-order valence-corrected chi connectivity index (χ3v) is 3.62. The van der Waals surface area contributed by atoms with Crippen LogP contribution in [0.15, 0.2) is 18.6 Å². The summed E-state index contributed by atoms with van der Waals surface area (Å²) in [7, 11) is 0. The number of nitrogens with one attached hydrogen (secondary N) is 1. The molecule has 1 aliphatic rings. The van der Waals surface area contributed by atoms with Crippen molar-refractivity contribution in [2.45, 2.75) is 6.92 Å². The van der Waals surface area contributed by atoms with Crippen LogP contribution in [0.1, 0.15) is 6.92 Å². The monoisotopic (exact) mass is 261 g/mol. The number of fused-ring (bicyclic) bond motifs is 1. The SMILES string of the molecule is CCN1CCN(c2nc(NN)cn3ccnc23)CC1. The van der Waals surface area contributed by atoms with E-state index < -0.39 is 0 Å². The number of hydrogen-bond donors (Lipinski definition) is 2. The minimum absolute atomic E-state index is 0.651. The normalized spacial score (nSPS) is 17.1. The Hall–Kier alpha value is -1.86. The summed E-state index contributed by atoms with van der Waals surface area (Å²) in [5.41, 5.74) is 3.49. The molecule has 2 aromatic heterocycles. The highest BCUT2D eigenvalue weighted by Crippen LogP contribution is 2.21. The van der Waals surface area contributed by atoms with E-state index in [0.29, 0.717) is 5.82 Å². The fourth-order valence-electron chi connectivity index (χ4n) is 2.47. The Balaban J connectivity index is 1.93. The van der Waals surface area contributed by atoms with Crippen LogP contribution in [0.2, 0.25) is 0 Å². The van der Waals surface area contributed by atoms with Crippen LogP contribution in [-0.4, -0.2) is 52.0 Å². The van der Waals surface area contributed by atoms with Gasteiger partial charge in [0.05, 0.1) is 6.20 Å². The number of nitrogens with zero attached hydrogens (tertiary/aromatic N) is 5. The Bertz CT molecular complexity index is 556. The third-order valence-electron chi connectivity index (χ3n) is 3.62. The number of anilines is 2. The number of imidazole rings is 1. The molecule has 0 aliphatic carbocycles. The summed E-state index contributed by atoms with van der Waals surface area (Å²) in [4.78, 5) is 13.6. The first-order valence-corrected chi connectivity index (χ1v) is 6.59. The van der Waals surface area contributed by atoms with Gasteiger partial charge in [-0.25, -0.2) is 15.8 Å². The first kappa shape index (κ1) is 12.2. The van der Waals surface area contributed by atoms with Gasteiger partial charge in [0.2, 0.25) is 0 Å². The summed E-state index contributed by atoms with van der Waals surface area (Å²) < 4.78 is 1.95. The van der Waals surface area contributed by atoms with Crippen LogP contribution in [0, 0.1) is 0 Å². The predicted octanol–water partition coefficient (Wildman–Crippen LogP) is 0.157. The lowest BCUT2D eigenvalue weighted by Gasteiger charge is -2.34. The second-order valence-corrected chi connectivity index (χ2v) is 4.67. The summed E-state index contributed by atoms with van der Waals surface area (Å²) in [6, 6.07) is 0. The molecule has 102 valence electrons. The number of piperazine rings is 1. The van der Waals surface area contributed by atoms with E-state index in [1.807, 2.05) is 16.8 Å². The first-order valence-electron chi connectivity index (χ1n) is 6.59. The van der Waals surface area contributed by atoms with Crippen molar-refractivity contribution in [3.63, 3.8) is 0 Å². The molecule has 0 atom stereocenters. The first-order chi connectivity index (χ1) is 9.31. The largest absolute Gasteiger partial charge is 0.351 e. The highest BCUT2D eigenvalue weighted by molar-refractivity contribution is 5.66. The van der Waals surface area contributed by atoms with Crippen molar-refractivity contribution in [1.82, 2.24) is 19.3 Å².